The largest absolute Gasteiger partial charge is 0.364 e. The molecular weight excluding hydrogens is 186 g/mol. The number of carbonyl (C=O) groups excluding carboxylic acids is 1. The van der Waals surface area contributed by atoms with Gasteiger partial charge in [0.1, 0.15) is 0 Å². The quantitative estimate of drug-likeness (QED) is 0.686. The van der Waals surface area contributed by atoms with Crippen molar-refractivity contribution >= 4 is 17.2 Å². The van der Waals surface area contributed by atoms with E-state index in [2.05, 4.69) is 17.2 Å². The molecule has 0 saturated heterocycles. The Balaban J connectivity index is 2.42. The first-order chi connectivity index (χ1) is 6.18. The van der Waals surface area contributed by atoms with Crippen molar-refractivity contribution in [3.8, 4) is 0 Å². The van der Waals surface area contributed by atoms with Gasteiger partial charge in [-0.25, -0.2) is 4.98 Å². The third kappa shape index (κ3) is 1.45. The standard InChI is InChI=1S/C8H11N3OS/c1-4-6-5(2-3-10-4)11-8(13-6)7(9)12/h4,10H,2-3H2,1H3,(H2,9,12). The second-order valence-electron chi connectivity index (χ2n) is 3.12. The SMILES string of the molecule is CC1NCCc2nc(C(N)=O)sc21. The number of nitrogens with one attached hydrogen (secondary N) is 1. The average Bonchev–Trinajstić information content (AvgIpc) is 2.49. The highest BCUT2D eigenvalue weighted by molar-refractivity contribution is 7.13. The predicted molar refractivity (Wildman–Crippen MR) is 50.8 cm³/mol. The van der Waals surface area contributed by atoms with Crippen molar-refractivity contribution in [2.45, 2.75) is 19.4 Å². The van der Waals surface area contributed by atoms with Crippen LogP contribution >= 0.6 is 11.3 Å². The van der Waals surface area contributed by atoms with E-state index in [-0.39, 0.29) is 0 Å². The Morgan fingerprint density at radius 3 is 3.15 bits per heavy atom. The van der Waals surface area contributed by atoms with Gasteiger partial charge in [0, 0.05) is 23.9 Å². The van der Waals surface area contributed by atoms with Gasteiger partial charge >= 0.3 is 0 Å². The maximum absolute atomic E-state index is 10.9. The molecule has 1 aromatic rings. The minimum atomic E-state index is -0.424. The zero-order chi connectivity index (χ0) is 9.42. The molecule has 0 aromatic carbocycles. The van der Waals surface area contributed by atoms with E-state index in [1.54, 1.807) is 0 Å². The fourth-order valence-electron chi connectivity index (χ4n) is 1.49. The highest BCUT2D eigenvalue weighted by atomic mass is 32.1. The third-order valence-corrected chi connectivity index (χ3v) is 3.44. The first-order valence-electron chi connectivity index (χ1n) is 4.21. The molecule has 0 spiro atoms. The number of hydrogen-bond donors (Lipinski definition) is 2. The van der Waals surface area contributed by atoms with Crippen molar-refractivity contribution < 1.29 is 4.79 Å². The molecule has 1 aliphatic heterocycles. The summed E-state index contributed by atoms with van der Waals surface area (Å²) in [4.78, 5) is 16.2. The lowest BCUT2D eigenvalue weighted by Gasteiger charge is -2.18. The van der Waals surface area contributed by atoms with Crippen LogP contribution in [0, 0.1) is 0 Å². The van der Waals surface area contributed by atoms with Crippen LogP contribution in [-0.4, -0.2) is 17.4 Å². The predicted octanol–water partition coefficient (Wildman–Crippen LogP) is 0.449. The number of nitrogens with two attached hydrogens (primary N) is 1. The van der Waals surface area contributed by atoms with Gasteiger partial charge in [0.25, 0.3) is 5.91 Å². The minimum Gasteiger partial charge on any atom is -0.364 e. The van der Waals surface area contributed by atoms with Crippen molar-refractivity contribution in [2.75, 3.05) is 6.54 Å². The van der Waals surface area contributed by atoms with Gasteiger partial charge in [-0.3, -0.25) is 4.79 Å². The van der Waals surface area contributed by atoms with Gasteiger partial charge < -0.3 is 11.1 Å². The molecule has 0 aliphatic carbocycles. The van der Waals surface area contributed by atoms with Crippen LogP contribution in [0.1, 0.15) is 33.3 Å². The Labute approximate surface area is 80.2 Å². The van der Waals surface area contributed by atoms with E-state index in [4.69, 9.17) is 5.73 Å². The van der Waals surface area contributed by atoms with E-state index < -0.39 is 5.91 Å². The molecule has 0 bridgehead atoms. The molecule has 2 rings (SSSR count). The van der Waals surface area contributed by atoms with Crippen LogP contribution in [0.3, 0.4) is 0 Å². The number of hydrogen-bond acceptors (Lipinski definition) is 4. The van der Waals surface area contributed by atoms with Crippen LogP contribution in [0.15, 0.2) is 0 Å². The zero-order valence-corrected chi connectivity index (χ0v) is 8.15. The van der Waals surface area contributed by atoms with Gasteiger partial charge in [-0.15, -0.1) is 11.3 Å². The fraction of sp³-hybridized carbons (Fsp3) is 0.500. The van der Waals surface area contributed by atoms with Crippen molar-refractivity contribution in [1.82, 2.24) is 10.3 Å². The van der Waals surface area contributed by atoms with Crippen LogP contribution in [0.2, 0.25) is 0 Å². The second-order valence-corrected chi connectivity index (χ2v) is 4.15. The smallest absolute Gasteiger partial charge is 0.277 e. The Bertz CT molecular complexity index is 347. The minimum absolute atomic E-state index is 0.300. The van der Waals surface area contributed by atoms with E-state index in [9.17, 15) is 4.79 Å². The molecule has 0 fully saturated rings. The first kappa shape index (κ1) is 8.65. The summed E-state index contributed by atoms with van der Waals surface area (Å²) < 4.78 is 0. The summed E-state index contributed by atoms with van der Waals surface area (Å²) in [6.45, 7) is 3.00. The van der Waals surface area contributed by atoms with Crippen LogP contribution in [0.5, 0.6) is 0 Å². The lowest BCUT2D eigenvalue weighted by Crippen LogP contribution is -2.26. The number of fused-ring (bicyclic) bond motifs is 1. The molecule has 1 unspecified atom stereocenters. The summed E-state index contributed by atoms with van der Waals surface area (Å²) >= 11 is 1.40. The lowest BCUT2D eigenvalue weighted by molar-refractivity contribution is 0.1000. The summed E-state index contributed by atoms with van der Waals surface area (Å²) in [6.07, 6.45) is 0.892. The maximum atomic E-state index is 10.9. The summed E-state index contributed by atoms with van der Waals surface area (Å²) in [5, 5.41) is 3.74. The number of amides is 1. The van der Waals surface area contributed by atoms with Crippen LogP contribution in [0.4, 0.5) is 0 Å². The van der Waals surface area contributed by atoms with Crippen molar-refractivity contribution in [3.63, 3.8) is 0 Å². The molecular formula is C8H11N3OS. The molecule has 1 aromatic heterocycles. The Kier molecular flexibility index (Phi) is 2.05. The molecule has 13 heavy (non-hydrogen) atoms. The third-order valence-electron chi connectivity index (χ3n) is 2.14. The number of primary amides is 1. The summed E-state index contributed by atoms with van der Waals surface area (Å²) in [5.74, 6) is -0.424. The topological polar surface area (TPSA) is 68.0 Å². The Hall–Kier alpha value is -0.940. The van der Waals surface area contributed by atoms with E-state index in [1.165, 1.54) is 11.3 Å². The van der Waals surface area contributed by atoms with Gasteiger partial charge in [-0.05, 0) is 6.92 Å². The molecule has 2 heterocycles. The first-order valence-corrected chi connectivity index (χ1v) is 5.03. The van der Waals surface area contributed by atoms with E-state index in [0.717, 1.165) is 23.5 Å². The normalized spacial score (nSPS) is 21.2. The average molecular weight is 197 g/mol. The molecule has 0 radical (unpaired) electrons. The molecule has 5 heteroatoms. The summed E-state index contributed by atoms with van der Waals surface area (Å²) in [7, 11) is 0. The zero-order valence-electron chi connectivity index (χ0n) is 7.33. The van der Waals surface area contributed by atoms with Crippen LogP contribution in [-0.2, 0) is 6.42 Å². The highest BCUT2D eigenvalue weighted by Crippen LogP contribution is 2.28. The Morgan fingerprint density at radius 2 is 2.54 bits per heavy atom. The molecule has 1 aliphatic rings. The maximum Gasteiger partial charge on any atom is 0.277 e. The highest BCUT2D eigenvalue weighted by Gasteiger charge is 2.21. The molecule has 0 saturated carbocycles. The van der Waals surface area contributed by atoms with Gasteiger partial charge in [0.15, 0.2) is 5.01 Å². The van der Waals surface area contributed by atoms with Crippen molar-refractivity contribution in [3.05, 3.63) is 15.6 Å². The molecule has 1 atom stereocenters. The van der Waals surface area contributed by atoms with Gasteiger partial charge in [-0.2, -0.15) is 0 Å². The van der Waals surface area contributed by atoms with Crippen molar-refractivity contribution in [1.29, 1.82) is 0 Å². The second kappa shape index (κ2) is 3.08. The molecule has 3 N–H and O–H groups in total. The number of nitrogens with zero attached hydrogens (tertiary/aromatic N) is 1. The van der Waals surface area contributed by atoms with Gasteiger partial charge in [-0.1, -0.05) is 0 Å². The molecule has 1 amide bonds. The van der Waals surface area contributed by atoms with Crippen LogP contribution < -0.4 is 11.1 Å². The molecule has 4 nitrogen and oxygen atoms in total. The Morgan fingerprint density at radius 1 is 1.77 bits per heavy atom. The van der Waals surface area contributed by atoms with Crippen molar-refractivity contribution in [2.24, 2.45) is 5.73 Å². The molecule has 70 valence electrons. The van der Waals surface area contributed by atoms with E-state index >= 15 is 0 Å². The summed E-state index contributed by atoms with van der Waals surface area (Å²) in [6, 6.07) is 0.300. The fourth-order valence-corrected chi connectivity index (χ4v) is 2.48. The van der Waals surface area contributed by atoms with E-state index in [1.807, 2.05) is 0 Å². The van der Waals surface area contributed by atoms with E-state index in [0.29, 0.717) is 11.0 Å². The monoisotopic (exact) mass is 197 g/mol. The number of rotatable bonds is 1. The number of thiazole rings is 1. The number of aromatic nitrogens is 1. The van der Waals surface area contributed by atoms with Crippen LogP contribution in [0.25, 0.3) is 0 Å². The lowest BCUT2D eigenvalue weighted by atomic mass is 10.1. The number of carbonyl (C=O) groups is 1. The summed E-state index contributed by atoms with van der Waals surface area (Å²) in [5.41, 5.74) is 6.19. The van der Waals surface area contributed by atoms with Gasteiger partial charge in [0.05, 0.1) is 5.69 Å². The van der Waals surface area contributed by atoms with Gasteiger partial charge in [0.2, 0.25) is 0 Å².